The molecule has 4 aromatic rings. The lowest BCUT2D eigenvalue weighted by Crippen LogP contribution is -2.49. The average Bonchev–Trinajstić information content (AvgIpc) is 3.73. The van der Waals surface area contributed by atoms with Crippen molar-refractivity contribution in [3.05, 3.63) is 76.8 Å². The van der Waals surface area contributed by atoms with E-state index in [2.05, 4.69) is 20.3 Å². The number of nitrogens with zero attached hydrogens (tertiary/aromatic N) is 6. The Labute approximate surface area is 287 Å². The zero-order valence-electron chi connectivity index (χ0n) is 26.4. The monoisotopic (exact) mass is 712 g/mol. The molecule has 0 unspecified atom stereocenters. The van der Waals surface area contributed by atoms with E-state index < -0.39 is 39.0 Å². The largest absolute Gasteiger partial charge is 0.389 e. The Morgan fingerprint density at radius 1 is 1.12 bits per heavy atom. The van der Waals surface area contributed by atoms with Crippen LogP contribution >= 0.6 is 23.2 Å². The van der Waals surface area contributed by atoms with Crippen LogP contribution in [-0.4, -0.2) is 73.9 Å². The SMILES string of the molecule is CC(C)(O)CNC(=O)[C@@H]1CCCN1S(=O)(=O)c1cnc2n1[C@](C)(Cc1ccc(-c3cncnc3N)cc1)C(=O)N2c1cc(Cl)cc(Cl)c1. The van der Waals surface area contributed by atoms with Crippen LogP contribution in [0.1, 0.15) is 39.2 Å². The number of sulfonamides is 1. The maximum Gasteiger partial charge on any atom is 0.261 e. The lowest BCUT2D eigenvalue weighted by molar-refractivity contribution is -0.125. The Bertz CT molecular complexity index is 1990. The molecule has 6 rings (SSSR count). The van der Waals surface area contributed by atoms with Gasteiger partial charge < -0.3 is 16.2 Å². The number of aromatic nitrogens is 4. The summed E-state index contributed by atoms with van der Waals surface area (Å²) in [4.78, 5) is 41.5. The summed E-state index contributed by atoms with van der Waals surface area (Å²) >= 11 is 12.6. The van der Waals surface area contributed by atoms with Crippen LogP contribution in [0.25, 0.3) is 11.1 Å². The molecule has 48 heavy (non-hydrogen) atoms. The van der Waals surface area contributed by atoms with Crippen molar-refractivity contribution >= 4 is 62.5 Å². The first-order valence-corrected chi connectivity index (χ1v) is 17.4. The molecule has 2 aliphatic rings. The molecule has 2 aliphatic heterocycles. The number of rotatable bonds is 9. The quantitative estimate of drug-likeness (QED) is 0.232. The number of benzene rings is 2. The van der Waals surface area contributed by atoms with Gasteiger partial charge in [0.25, 0.3) is 15.9 Å². The standard InChI is InChI=1S/C32H34Cl2N8O5S/c1-31(2,45)17-38-28(43)25-5-4-10-40(25)48(46,47)26-16-37-30-41(23-12-21(33)11-22(34)13-23)29(44)32(3,42(26)30)14-19-6-8-20(9-7-19)24-15-36-18-39-27(24)35/h6-9,11-13,15-16,18,25,45H,4-5,10,14,17H2,1-3H3,(H,38,43)(H2,35,36,39)/t25-,32+/m0/s1. The van der Waals surface area contributed by atoms with Crippen molar-refractivity contribution in [1.82, 2.24) is 29.1 Å². The Morgan fingerprint density at radius 2 is 1.81 bits per heavy atom. The van der Waals surface area contributed by atoms with E-state index in [1.807, 2.05) is 24.3 Å². The van der Waals surface area contributed by atoms with Crippen molar-refractivity contribution in [1.29, 1.82) is 0 Å². The summed E-state index contributed by atoms with van der Waals surface area (Å²) in [5.74, 6) is -0.588. The number of hydrogen-bond donors (Lipinski definition) is 3. The maximum atomic E-state index is 14.5. The van der Waals surface area contributed by atoms with Gasteiger partial charge in [0.1, 0.15) is 23.7 Å². The maximum absolute atomic E-state index is 14.5. The number of nitrogens with two attached hydrogens (primary N) is 1. The van der Waals surface area contributed by atoms with E-state index in [4.69, 9.17) is 28.9 Å². The fraction of sp³-hybridized carbons (Fsp3) is 0.344. The van der Waals surface area contributed by atoms with Gasteiger partial charge in [0.05, 0.1) is 17.5 Å². The van der Waals surface area contributed by atoms with Crippen molar-refractivity contribution in [2.24, 2.45) is 0 Å². The highest BCUT2D eigenvalue weighted by atomic mass is 35.5. The summed E-state index contributed by atoms with van der Waals surface area (Å²) in [6, 6.07) is 10.9. The summed E-state index contributed by atoms with van der Waals surface area (Å²) in [5, 5.41) is 13.1. The van der Waals surface area contributed by atoms with E-state index >= 15 is 0 Å². The van der Waals surface area contributed by atoms with Gasteiger partial charge in [-0.15, -0.1) is 0 Å². The highest BCUT2D eigenvalue weighted by Gasteiger charge is 2.53. The number of fused-ring (bicyclic) bond motifs is 1. The molecule has 2 aromatic heterocycles. The molecule has 13 nitrogen and oxygen atoms in total. The molecule has 2 aromatic carbocycles. The normalized spacial score (nSPS) is 19.9. The van der Waals surface area contributed by atoms with Gasteiger partial charge >= 0.3 is 0 Å². The van der Waals surface area contributed by atoms with Gasteiger partial charge in [0, 0.05) is 41.3 Å². The zero-order chi connectivity index (χ0) is 34.6. The Hall–Kier alpha value is -4.08. The molecule has 4 N–H and O–H groups in total. The first kappa shape index (κ1) is 33.8. The van der Waals surface area contributed by atoms with Crippen LogP contribution < -0.4 is 16.0 Å². The van der Waals surface area contributed by atoms with E-state index in [1.54, 1.807) is 39.1 Å². The molecule has 0 radical (unpaired) electrons. The summed E-state index contributed by atoms with van der Waals surface area (Å²) < 4.78 is 31.4. The van der Waals surface area contributed by atoms with E-state index in [0.717, 1.165) is 15.4 Å². The second-order valence-electron chi connectivity index (χ2n) is 12.8. The van der Waals surface area contributed by atoms with E-state index in [0.29, 0.717) is 29.9 Å². The van der Waals surface area contributed by atoms with Gasteiger partial charge in [-0.1, -0.05) is 47.5 Å². The third-order valence-electron chi connectivity index (χ3n) is 8.50. The van der Waals surface area contributed by atoms with Gasteiger partial charge in [0.2, 0.25) is 11.9 Å². The summed E-state index contributed by atoms with van der Waals surface area (Å²) in [5.41, 5.74) is 5.83. The Kier molecular flexibility index (Phi) is 8.75. The number of imidazole rings is 1. The van der Waals surface area contributed by atoms with Gasteiger partial charge in [0.15, 0.2) is 5.03 Å². The topological polar surface area (TPSA) is 177 Å². The third-order valence-corrected chi connectivity index (χ3v) is 10.8. The molecule has 1 fully saturated rings. The second kappa shape index (κ2) is 12.4. The number of amides is 2. The number of nitrogens with one attached hydrogen (secondary N) is 1. The highest BCUT2D eigenvalue weighted by Crippen LogP contribution is 2.45. The molecule has 2 atom stereocenters. The first-order valence-electron chi connectivity index (χ1n) is 15.2. The molecule has 16 heteroatoms. The average molecular weight is 714 g/mol. The molecule has 0 saturated carbocycles. The van der Waals surface area contributed by atoms with Crippen molar-refractivity contribution in [3.8, 4) is 11.1 Å². The predicted octanol–water partition coefficient (Wildman–Crippen LogP) is 3.91. The minimum Gasteiger partial charge on any atom is -0.389 e. The number of aliphatic hydroxyl groups is 1. The van der Waals surface area contributed by atoms with Crippen molar-refractivity contribution in [3.63, 3.8) is 0 Å². The number of carbonyl (C=O) groups is 2. The van der Waals surface area contributed by atoms with E-state index in [9.17, 15) is 23.1 Å². The molecule has 0 bridgehead atoms. The van der Waals surface area contributed by atoms with E-state index in [1.165, 1.54) is 28.1 Å². The molecule has 252 valence electrons. The minimum absolute atomic E-state index is 0.0509. The van der Waals surface area contributed by atoms with Crippen LogP contribution in [0.4, 0.5) is 17.5 Å². The number of hydrogen-bond acceptors (Lipinski definition) is 9. The Balaban J connectivity index is 1.42. The van der Waals surface area contributed by atoms with Crippen LogP contribution in [0.15, 0.2) is 66.2 Å². The smallest absolute Gasteiger partial charge is 0.261 e. The summed E-state index contributed by atoms with van der Waals surface area (Å²) in [6.45, 7) is 4.78. The van der Waals surface area contributed by atoms with Crippen LogP contribution in [0.2, 0.25) is 10.0 Å². The fourth-order valence-corrected chi connectivity index (χ4v) is 8.57. The molecular formula is C32H34Cl2N8O5S. The van der Waals surface area contributed by atoms with Crippen LogP contribution in [0.5, 0.6) is 0 Å². The van der Waals surface area contributed by atoms with Crippen LogP contribution in [0, 0.1) is 0 Å². The molecule has 4 heterocycles. The van der Waals surface area contributed by atoms with Crippen molar-refractivity contribution in [2.75, 3.05) is 23.7 Å². The van der Waals surface area contributed by atoms with Gasteiger partial charge in [-0.25, -0.2) is 28.3 Å². The molecule has 0 spiro atoms. The third kappa shape index (κ3) is 6.14. The lowest BCUT2D eigenvalue weighted by Gasteiger charge is -2.29. The molecule has 2 amide bonds. The first-order chi connectivity index (χ1) is 22.6. The van der Waals surface area contributed by atoms with Gasteiger partial charge in [-0.3, -0.25) is 14.2 Å². The molecule has 1 saturated heterocycles. The minimum atomic E-state index is -4.37. The highest BCUT2D eigenvalue weighted by molar-refractivity contribution is 7.89. The van der Waals surface area contributed by atoms with Crippen molar-refractivity contribution in [2.45, 2.75) is 62.2 Å². The number of nitrogen functional groups attached to an aromatic ring is 1. The van der Waals surface area contributed by atoms with E-state index in [-0.39, 0.29) is 40.5 Å². The predicted molar refractivity (Wildman–Crippen MR) is 181 cm³/mol. The lowest BCUT2D eigenvalue weighted by atomic mass is 9.91. The van der Waals surface area contributed by atoms with Crippen molar-refractivity contribution < 1.29 is 23.1 Å². The van der Waals surface area contributed by atoms with Gasteiger partial charge in [-0.2, -0.15) is 4.31 Å². The zero-order valence-corrected chi connectivity index (χ0v) is 28.7. The van der Waals surface area contributed by atoms with Crippen LogP contribution in [-0.2, 0) is 31.6 Å². The number of halogens is 2. The van der Waals surface area contributed by atoms with Gasteiger partial charge in [-0.05, 0) is 62.9 Å². The number of anilines is 3. The summed E-state index contributed by atoms with van der Waals surface area (Å²) in [6.07, 6.45) is 5.01. The van der Waals surface area contributed by atoms with Crippen LogP contribution in [0.3, 0.4) is 0 Å². The number of carbonyl (C=O) groups excluding carboxylic acids is 2. The Morgan fingerprint density at radius 3 is 2.46 bits per heavy atom. The fourth-order valence-electron chi connectivity index (χ4n) is 6.21. The molecule has 0 aliphatic carbocycles. The summed E-state index contributed by atoms with van der Waals surface area (Å²) in [7, 11) is -4.37. The second-order valence-corrected chi connectivity index (χ2v) is 15.5. The molecular weight excluding hydrogens is 679 g/mol.